The van der Waals surface area contributed by atoms with Crippen molar-refractivity contribution < 1.29 is 19.6 Å². The van der Waals surface area contributed by atoms with Crippen molar-refractivity contribution in [3.63, 3.8) is 0 Å². The van der Waals surface area contributed by atoms with Gasteiger partial charge in [-0.1, -0.05) is 0 Å². The predicted molar refractivity (Wildman–Crippen MR) is 61.0 cm³/mol. The fourth-order valence-corrected chi connectivity index (χ4v) is 1.58. The second kappa shape index (κ2) is 4.10. The van der Waals surface area contributed by atoms with Crippen LogP contribution in [0.4, 0.5) is 11.4 Å². The molecule has 1 saturated carbocycles. The summed E-state index contributed by atoms with van der Waals surface area (Å²) in [5.74, 6) is -1.72. The summed E-state index contributed by atoms with van der Waals surface area (Å²) in [7, 11) is 0. The third-order valence-corrected chi connectivity index (χ3v) is 2.93. The largest absolute Gasteiger partial charge is 0.480 e. The van der Waals surface area contributed by atoms with Gasteiger partial charge in [0.1, 0.15) is 5.41 Å². The molecule has 0 aromatic heterocycles. The number of benzene rings is 1. The van der Waals surface area contributed by atoms with E-state index in [1.807, 2.05) is 0 Å². The molecule has 0 unspecified atom stereocenters. The number of nitro groups is 1. The van der Waals surface area contributed by atoms with Crippen LogP contribution in [0.2, 0.25) is 0 Å². The molecule has 1 aliphatic rings. The smallest absolute Gasteiger partial charge is 0.319 e. The average Bonchev–Trinajstić information content (AvgIpc) is 3.10. The Morgan fingerprint density at radius 3 is 2.22 bits per heavy atom. The maximum absolute atomic E-state index is 11.7. The van der Waals surface area contributed by atoms with Crippen LogP contribution in [0.3, 0.4) is 0 Å². The second-order valence-corrected chi connectivity index (χ2v) is 4.15. The number of nitrogens with one attached hydrogen (secondary N) is 1. The monoisotopic (exact) mass is 250 g/mol. The van der Waals surface area contributed by atoms with Gasteiger partial charge in [0.25, 0.3) is 5.69 Å². The zero-order valence-corrected chi connectivity index (χ0v) is 9.25. The van der Waals surface area contributed by atoms with E-state index in [1.54, 1.807) is 0 Å². The molecule has 7 nitrogen and oxygen atoms in total. The van der Waals surface area contributed by atoms with E-state index in [0.717, 1.165) is 0 Å². The minimum Gasteiger partial charge on any atom is -0.480 e. The molecule has 0 radical (unpaired) electrons. The summed E-state index contributed by atoms with van der Waals surface area (Å²) in [6, 6.07) is 5.23. The van der Waals surface area contributed by atoms with Gasteiger partial charge in [0.15, 0.2) is 0 Å². The van der Waals surface area contributed by atoms with Gasteiger partial charge < -0.3 is 10.4 Å². The lowest BCUT2D eigenvalue weighted by atomic mass is 10.1. The van der Waals surface area contributed by atoms with Crippen LogP contribution in [0.15, 0.2) is 24.3 Å². The van der Waals surface area contributed by atoms with Gasteiger partial charge in [-0.2, -0.15) is 0 Å². The van der Waals surface area contributed by atoms with Gasteiger partial charge in [-0.3, -0.25) is 19.7 Å². The van der Waals surface area contributed by atoms with Crippen molar-refractivity contribution in [3.05, 3.63) is 34.4 Å². The quantitative estimate of drug-likeness (QED) is 0.476. The van der Waals surface area contributed by atoms with Crippen LogP contribution in [0.25, 0.3) is 0 Å². The van der Waals surface area contributed by atoms with Crippen LogP contribution < -0.4 is 5.32 Å². The molecule has 1 fully saturated rings. The Hall–Kier alpha value is -2.44. The first-order valence-electron chi connectivity index (χ1n) is 5.25. The number of hydrogen-bond donors (Lipinski definition) is 2. The van der Waals surface area contributed by atoms with E-state index in [1.165, 1.54) is 24.3 Å². The predicted octanol–water partition coefficient (Wildman–Crippen LogP) is 1.40. The average molecular weight is 250 g/mol. The van der Waals surface area contributed by atoms with E-state index in [9.17, 15) is 19.7 Å². The van der Waals surface area contributed by atoms with E-state index in [-0.39, 0.29) is 5.69 Å². The van der Waals surface area contributed by atoms with Crippen molar-refractivity contribution in [3.8, 4) is 0 Å². The number of aliphatic carboxylic acids is 1. The summed E-state index contributed by atoms with van der Waals surface area (Å²) in [6.45, 7) is 0. The van der Waals surface area contributed by atoms with Gasteiger partial charge in [-0.25, -0.2) is 0 Å². The Morgan fingerprint density at radius 2 is 1.83 bits per heavy atom. The number of rotatable bonds is 4. The van der Waals surface area contributed by atoms with Crippen LogP contribution >= 0.6 is 0 Å². The molecule has 0 bridgehead atoms. The summed E-state index contributed by atoms with van der Waals surface area (Å²) in [6.07, 6.45) is 0.641. The van der Waals surface area contributed by atoms with Gasteiger partial charge in [-0.15, -0.1) is 0 Å². The SMILES string of the molecule is O=C(O)C1(C(=O)Nc2ccc([N+](=O)[O-])cc2)CC1. The number of carbonyl (C=O) groups is 2. The molecule has 2 N–H and O–H groups in total. The van der Waals surface area contributed by atoms with E-state index in [2.05, 4.69) is 5.32 Å². The minimum absolute atomic E-state index is 0.0904. The van der Waals surface area contributed by atoms with Gasteiger partial charge >= 0.3 is 5.97 Å². The van der Waals surface area contributed by atoms with Gasteiger partial charge in [0.05, 0.1) is 4.92 Å². The first-order chi connectivity index (χ1) is 8.45. The fraction of sp³-hybridized carbons (Fsp3) is 0.273. The summed E-state index contributed by atoms with van der Waals surface area (Å²) in [4.78, 5) is 32.5. The molecule has 1 aromatic rings. The van der Waals surface area contributed by atoms with Crippen molar-refractivity contribution in [2.75, 3.05) is 5.32 Å². The highest BCUT2D eigenvalue weighted by Gasteiger charge is 2.57. The number of amides is 1. The van der Waals surface area contributed by atoms with Crippen molar-refractivity contribution in [2.45, 2.75) is 12.8 Å². The number of carbonyl (C=O) groups excluding carboxylic acids is 1. The Balaban J connectivity index is 2.08. The van der Waals surface area contributed by atoms with Crippen molar-refractivity contribution in [2.24, 2.45) is 5.41 Å². The number of nitro benzene ring substituents is 1. The van der Waals surface area contributed by atoms with E-state index in [4.69, 9.17) is 5.11 Å². The summed E-state index contributed by atoms with van der Waals surface area (Å²) < 4.78 is 0. The highest BCUT2D eigenvalue weighted by molar-refractivity contribution is 6.10. The molecule has 0 atom stereocenters. The van der Waals surface area contributed by atoms with Crippen LogP contribution in [0, 0.1) is 15.5 Å². The van der Waals surface area contributed by atoms with E-state index >= 15 is 0 Å². The van der Waals surface area contributed by atoms with Gasteiger partial charge in [-0.05, 0) is 25.0 Å². The maximum atomic E-state index is 11.7. The molecule has 7 heteroatoms. The molecule has 0 aliphatic heterocycles. The van der Waals surface area contributed by atoms with Crippen LogP contribution in [-0.2, 0) is 9.59 Å². The Kier molecular flexibility index (Phi) is 2.74. The summed E-state index contributed by atoms with van der Waals surface area (Å²) in [5, 5.41) is 21.8. The Bertz CT molecular complexity index is 519. The fourth-order valence-electron chi connectivity index (χ4n) is 1.58. The molecular formula is C11H10N2O5. The van der Waals surface area contributed by atoms with Crippen molar-refractivity contribution >= 4 is 23.3 Å². The van der Waals surface area contributed by atoms with Crippen molar-refractivity contribution in [1.82, 2.24) is 0 Å². The van der Waals surface area contributed by atoms with Gasteiger partial charge in [0, 0.05) is 17.8 Å². The molecule has 2 rings (SSSR count). The number of hydrogen-bond acceptors (Lipinski definition) is 4. The third-order valence-electron chi connectivity index (χ3n) is 2.93. The molecule has 1 aromatic carbocycles. The third kappa shape index (κ3) is 2.02. The lowest BCUT2D eigenvalue weighted by molar-refractivity contribution is -0.384. The molecule has 0 spiro atoms. The van der Waals surface area contributed by atoms with Crippen LogP contribution in [-0.4, -0.2) is 21.9 Å². The first-order valence-corrected chi connectivity index (χ1v) is 5.25. The van der Waals surface area contributed by atoms with E-state index < -0.39 is 22.2 Å². The standard InChI is InChI=1S/C11H10N2O5/c14-9(11(5-6-11)10(15)16)12-7-1-3-8(4-2-7)13(17)18/h1-4H,5-6H2,(H,12,14)(H,15,16). The second-order valence-electron chi connectivity index (χ2n) is 4.15. The van der Waals surface area contributed by atoms with E-state index in [0.29, 0.717) is 18.5 Å². The number of nitrogens with zero attached hydrogens (tertiary/aromatic N) is 1. The highest BCUT2D eigenvalue weighted by atomic mass is 16.6. The lowest BCUT2D eigenvalue weighted by Gasteiger charge is -2.10. The highest BCUT2D eigenvalue weighted by Crippen LogP contribution is 2.46. The molecular weight excluding hydrogens is 240 g/mol. The molecule has 94 valence electrons. The minimum atomic E-state index is -1.32. The lowest BCUT2D eigenvalue weighted by Crippen LogP contribution is -2.31. The molecule has 1 aliphatic carbocycles. The molecule has 1 amide bonds. The maximum Gasteiger partial charge on any atom is 0.319 e. The Morgan fingerprint density at radius 1 is 1.28 bits per heavy atom. The summed E-state index contributed by atoms with van der Waals surface area (Å²) >= 11 is 0. The van der Waals surface area contributed by atoms with Crippen LogP contribution in [0.1, 0.15) is 12.8 Å². The molecule has 0 heterocycles. The van der Waals surface area contributed by atoms with Gasteiger partial charge in [0.2, 0.25) is 5.91 Å². The zero-order chi connectivity index (χ0) is 13.3. The molecule has 18 heavy (non-hydrogen) atoms. The number of non-ortho nitro benzene ring substituents is 1. The summed E-state index contributed by atoms with van der Waals surface area (Å²) in [5.41, 5.74) is -1.06. The number of anilines is 1. The number of carboxylic acids is 1. The topological polar surface area (TPSA) is 110 Å². The molecule has 0 saturated heterocycles. The zero-order valence-electron chi connectivity index (χ0n) is 9.25. The Labute approximate surface area is 102 Å². The normalized spacial score (nSPS) is 15.8. The first kappa shape index (κ1) is 12.0. The van der Waals surface area contributed by atoms with Crippen molar-refractivity contribution in [1.29, 1.82) is 0 Å². The van der Waals surface area contributed by atoms with Crippen LogP contribution in [0.5, 0.6) is 0 Å². The number of carboxylic acid groups (broad SMARTS) is 1.